The minimum absolute atomic E-state index is 0.0689. The normalized spacial score (nSPS) is 26.8. The topological polar surface area (TPSA) is 148 Å². The lowest BCUT2D eigenvalue weighted by Gasteiger charge is -2.49. The van der Waals surface area contributed by atoms with E-state index in [0.717, 1.165) is 33.2 Å². The van der Waals surface area contributed by atoms with Gasteiger partial charge in [-0.1, -0.05) is 23.3 Å². The molecule has 0 bridgehead atoms. The molecule has 3 fully saturated rings. The number of anilines is 1. The molecule has 4 heterocycles. The molecule has 268 valence electrons. The van der Waals surface area contributed by atoms with Crippen LogP contribution in [-0.2, 0) is 31.0 Å². The molecule has 2 aliphatic carbocycles. The summed E-state index contributed by atoms with van der Waals surface area (Å²) < 4.78 is 13.3. The predicted octanol–water partition coefficient (Wildman–Crippen LogP) is 6.58. The number of thiophene rings is 1. The molecule has 5 amide bonds. The molecule has 2 saturated heterocycles. The van der Waals surface area contributed by atoms with Gasteiger partial charge in [-0.3, -0.25) is 23.9 Å². The second kappa shape index (κ2) is 12.1. The average molecular weight is 855 g/mol. The summed E-state index contributed by atoms with van der Waals surface area (Å²) in [4.78, 5) is 72.4. The number of rotatable bonds is 4. The highest BCUT2D eigenvalue weighted by Crippen LogP contribution is 2.64. The number of amides is 5. The molecule has 0 spiro atoms. The molecule has 6 atom stereocenters. The highest BCUT2D eigenvalue weighted by atomic mass is 127. The van der Waals surface area contributed by atoms with Gasteiger partial charge in [0.2, 0.25) is 23.6 Å². The van der Waals surface area contributed by atoms with Crippen molar-refractivity contribution < 1.29 is 38.6 Å². The van der Waals surface area contributed by atoms with Gasteiger partial charge in [0.05, 0.1) is 45.8 Å². The number of aromatic hydroxyl groups is 1. The molecule has 6 unspecified atom stereocenters. The number of benzene rings is 2. The van der Waals surface area contributed by atoms with Crippen molar-refractivity contribution in [2.75, 3.05) is 19.1 Å². The van der Waals surface area contributed by atoms with E-state index in [0.29, 0.717) is 30.6 Å². The number of hydrogen-bond acceptors (Lipinski definition) is 10. The Kier molecular flexibility index (Phi) is 8.12. The van der Waals surface area contributed by atoms with Gasteiger partial charge in [0.1, 0.15) is 11.5 Å². The van der Waals surface area contributed by atoms with E-state index in [9.17, 15) is 24.3 Å². The van der Waals surface area contributed by atoms with Gasteiger partial charge in [0.25, 0.3) is 0 Å². The van der Waals surface area contributed by atoms with Crippen LogP contribution in [0.15, 0.2) is 48.0 Å². The third-order valence-corrected chi connectivity index (χ3v) is 13.8. The first-order valence-electron chi connectivity index (χ1n) is 16.6. The fourth-order valence-electron chi connectivity index (χ4n) is 9.02. The Morgan fingerprint density at radius 2 is 1.83 bits per heavy atom. The zero-order chi connectivity index (χ0) is 37.1. The second-order valence-electron chi connectivity index (χ2n) is 13.9. The highest BCUT2D eigenvalue weighted by Gasteiger charge is 2.68. The van der Waals surface area contributed by atoms with Crippen LogP contribution in [0.1, 0.15) is 36.8 Å². The van der Waals surface area contributed by atoms with E-state index < -0.39 is 64.7 Å². The van der Waals surface area contributed by atoms with Crippen LogP contribution in [0.3, 0.4) is 0 Å². The van der Waals surface area contributed by atoms with Crippen LogP contribution in [0.25, 0.3) is 20.7 Å². The average Bonchev–Trinajstić information content (AvgIpc) is 3.79. The Morgan fingerprint density at radius 3 is 2.54 bits per heavy atom. The number of phenolic OH excluding ortho intramolecular Hbond substituents is 1. The number of phenols is 1. The number of aromatic nitrogens is 2. The maximum atomic E-state index is 15.1. The lowest BCUT2D eigenvalue weighted by Crippen LogP contribution is -2.49. The van der Waals surface area contributed by atoms with E-state index in [2.05, 4.69) is 0 Å². The maximum Gasteiger partial charge on any atom is 0.423 e. The third kappa shape index (κ3) is 4.68. The smallest absolute Gasteiger partial charge is 0.423 e. The lowest BCUT2D eigenvalue weighted by atomic mass is 9.51. The number of ether oxygens (including phenoxy) is 2. The summed E-state index contributed by atoms with van der Waals surface area (Å²) in [6, 6.07) is 10.8. The highest BCUT2D eigenvalue weighted by molar-refractivity contribution is 14.1. The molecule has 2 aliphatic heterocycles. The fraction of sp³-hybridized carbons (Fsp3) is 0.351. The van der Waals surface area contributed by atoms with Crippen molar-refractivity contribution in [1.29, 1.82) is 0 Å². The second-order valence-corrected chi connectivity index (χ2v) is 16.6. The maximum absolute atomic E-state index is 15.1. The minimum atomic E-state index is -1.35. The van der Waals surface area contributed by atoms with Gasteiger partial charge in [-0.15, -0.1) is 11.3 Å². The van der Waals surface area contributed by atoms with E-state index in [1.54, 1.807) is 43.5 Å². The lowest BCUT2D eigenvalue weighted by molar-refractivity contribution is -0.138. The van der Waals surface area contributed by atoms with Gasteiger partial charge in [0.15, 0.2) is 11.5 Å². The molecule has 1 saturated carbocycles. The number of imide groups is 4. The van der Waals surface area contributed by atoms with E-state index in [1.807, 2.05) is 53.8 Å². The summed E-state index contributed by atoms with van der Waals surface area (Å²) in [5.41, 5.74) is 1.56. The molecule has 8 rings (SSSR count). The van der Waals surface area contributed by atoms with Crippen LogP contribution in [0.2, 0.25) is 5.02 Å². The van der Waals surface area contributed by atoms with Crippen molar-refractivity contribution in [1.82, 2.24) is 14.7 Å². The largest absolute Gasteiger partial charge is 0.504 e. The van der Waals surface area contributed by atoms with Crippen molar-refractivity contribution >= 4 is 91.2 Å². The molecular formula is C37H32ClIN4O8S. The molecule has 15 heteroatoms. The monoisotopic (exact) mass is 854 g/mol. The number of carbonyl (C=O) groups excluding carboxylic acids is 5. The quantitative estimate of drug-likeness (QED) is 0.137. The number of carbonyl (C=O) groups is 5. The Bertz CT molecular complexity index is 2330. The predicted molar refractivity (Wildman–Crippen MR) is 200 cm³/mol. The standard InChI is InChI=1S/C37H32ClIN4O8S/c1-15-20-12-17(38)6-9-26(20)52-31(15)24-14-27(41(3)40-24)42-33(46)22-13-21-18(7-8-19-28(21)34(47)43(32(19)45)36(49)51-5)29(37(22,2)35(42)48)16-10-23(39)30(44)25(11-16)50-4/h6-7,9-12,14,19,21-22,28-29,44H,8,13H2,1-5H3. The molecule has 2 aromatic carbocycles. The first-order valence-corrected chi connectivity index (χ1v) is 18.8. The number of hydrogen-bond donors (Lipinski definition) is 1. The van der Waals surface area contributed by atoms with Crippen LogP contribution >= 0.6 is 45.5 Å². The molecular weight excluding hydrogens is 823 g/mol. The van der Waals surface area contributed by atoms with Gasteiger partial charge in [-0.05, 0) is 102 Å². The minimum Gasteiger partial charge on any atom is -0.504 e. The zero-order valence-corrected chi connectivity index (χ0v) is 32.3. The Morgan fingerprint density at radius 1 is 1.08 bits per heavy atom. The summed E-state index contributed by atoms with van der Waals surface area (Å²) in [5.74, 6) is -5.84. The molecule has 4 aliphatic rings. The van der Waals surface area contributed by atoms with Gasteiger partial charge >= 0.3 is 6.09 Å². The van der Waals surface area contributed by atoms with E-state index in [4.69, 9.17) is 26.2 Å². The number of likely N-dealkylation sites (tertiary alicyclic amines) is 1. The van der Waals surface area contributed by atoms with Crippen LogP contribution in [0.4, 0.5) is 10.6 Å². The molecule has 52 heavy (non-hydrogen) atoms. The number of allylic oxidation sites excluding steroid dienone is 2. The fourth-order valence-corrected chi connectivity index (χ4v) is 11.0. The van der Waals surface area contributed by atoms with Crippen molar-refractivity contribution in [2.24, 2.45) is 36.1 Å². The number of nitrogens with zero attached hydrogens (tertiary/aromatic N) is 4. The first kappa shape index (κ1) is 34.8. The summed E-state index contributed by atoms with van der Waals surface area (Å²) in [6.45, 7) is 3.76. The summed E-state index contributed by atoms with van der Waals surface area (Å²) in [7, 11) is 4.22. The summed E-state index contributed by atoms with van der Waals surface area (Å²) in [5, 5.41) is 17.1. The van der Waals surface area contributed by atoms with Crippen molar-refractivity contribution in [2.45, 2.75) is 32.6 Å². The number of aryl methyl sites for hydroxylation is 2. The molecule has 2 aromatic heterocycles. The van der Waals surface area contributed by atoms with Gasteiger partial charge in [-0.25, -0.2) is 9.69 Å². The van der Waals surface area contributed by atoms with E-state index in [-0.39, 0.29) is 24.3 Å². The Hall–Kier alpha value is -4.28. The Labute approximate surface area is 320 Å². The molecule has 4 aromatic rings. The molecule has 1 N–H and O–H groups in total. The van der Waals surface area contributed by atoms with Crippen LogP contribution in [-0.4, -0.2) is 63.7 Å². The SMILES string of the molecule is COC(=O)N1C(=O)C2CC=C3C(CC4C(=O)N(c5cc(-c6sc7ccc(Cl)cc7c6C)nn5C)C(=O)C4(C)C3c3cc(I)c(O)c(OC)c3)C2C1=O. The third-order valence-electron chi connectivity index (χ3n) is 11.5. The number of fused-ring (bicyclic) bond motifs is 5. The van der Waals surface area contributed by atoms with Crippen molar-refractivity contribution in [3.05, 3.63) is 67.8 Å². The summed E-state index contributed by atoms with van der Waals surface area (Å²) >= 11 is 9.83. The molecule has 0 radical (unpaired) electrons. The zero-order valence-electron chi connectivity index (χ0n) is 28.6. The van der Waals surface area contributed by atoms with Crippen LogP contribution < -0.4 is 9.64 Å². The van der Waals surface area contributed by atoms with Crippen molar-refractivity contribution in [3.63, 3.8) is 0 Å². The van der Waals surface area contributed by atoms with E-state index >= 15 is 4.79 Å². The van der Waals surface area contributed by atoms with Crippen molar-refractivity contribution in [3.8, 4) is 22.1 Å². The van der Waals surface area contributed by atoms with Gasteiger partial charge in [0, 0.05) is 28.8 Å². The Balaban J connectivity index is 1.27. The number of halogens is 2. The van der Waals surface area contributed by atoms with Gasteiger partial charge < -0.3 is 14.6 Å². The van der Waals surface area contributed by atoms with Crippen LogP contribution in [0, 0.1) is 39.6 Å². The van der Waals surface area contributed by atoms with E-state index in [1.165, 1.54) is 16.7 Å². The van der Waals surface area contributed by atoms with Gasteiger partial charge in [-0.2, -0.15) is 10.00 Å². The first-order chi connectivity index (χ1) is 24.7. The van der Waals surface area contributed by atoms with Crippen LogP contribution in [0.5, 0.6) is 11.5 Å². The summed E-state index contributed by atoms with van der Waals surface area (Å²) in [6.07, 6.45) is 1.09. The number of methoxy groups -OCH3 is 2. The molecule has 12 nitrogen and oxygen atoms in total.